The summed E-state index contributed by atoms with van der Waals surface area (Å²) in [5.41, 5.74) is 4.60. The molecule has 2 aromatic carbocycles. The second-order valence-electron chi connectivity index (χ2n) is 6.15. The Hall–Kier alpha value is -3.47. The van der Waals surface area contributed by atoms with Crippen LogP contribution in [0.4, 0.5) is 0 Å². The maximum absolute atomic E-state index is 12.5. The minimum absolute atomic E-state index is 0.134. The minimum atomic E-state index is -0.171. The van der Waals surface area contributed by atoms with Gasteiger partial charge in [-0.3, -0.25) is 14.6 Å². The highest BCUT2D eigenvalue weighted by Gasteiger charge is 2.11. The van der Waals surface area contributed by atoms with E-state index >= 15 is 0 Å². The van der Waals surface area contributed by atoms with Gasteiger partial charge >= 0.3 is 0 Å². The first-order valence-corrected chi connectivity index (χ1v) is 8.71. The molecule has 0 fully saturated rings. The second-order valence-corrected chi connectivity index (χ2v) is 6.15. The Balaban J connectivity index is 1.67. The number of rotatable bonds is 5. The van der Waals surface area contributed by atoms with Crippen molar-refractivity contribution >= 4 is 11.8 Å². The Labute approximate surface area is 158 Å². The number of nitrogens with zero attached hydrogens (tertiary/aromatic N) is 1. The summed E-state index contributed by atoms with van der Waals surface area (Å²) in [4.78, 5) is 28.6. The summed E-state index contributed by atoms with van der Waals surface area (Å²) in [6.45, 7) is 2.21. The number of hydrogen-bond donors (Lipinski definition) is 2. The standard InChI is InChI=1S/C22H21N3O2/c1-15-19(12-13-20(25-15)17-6-4-3-5-7-17)22(27)24-14-16-8-10-18(11-9-16)21(26)23-2/h3-13H,14H2,1-2H3,(H,23,26)(H,24,27). The predicted octanol–water partition coefficient (Wildman–Crippen LogP) is 3.35. The van der Waals surface area contributed by atoms with Gasteiger partial charge in [0.15, 0.2) is 0 Å². The first kappa shape index (κ1) is 18.3. The van der Waals surface area contributed by atoms with Crippen LogP contribution in [0.2, 0.25) is 0 Å². The predicted molar refractivity (Wildman–Crippen MR) is 105 cm³/mol. The third-order valence-electron chi connectivity index (χ3n) is 4.30. The average molecular weight is 359 g/mol. The molecule has 1 aromatic heterocycles. The molecule has 0 bridgehead atoms. The van der Waals surface area contributed by atoms with Crippen molar-refractivity contribution in [3.8, 4) is 11.3 Å². The lowest BCUT2D eigenvalue weighted by Crippen LogP contribution is -2.24. The van der Waals surface area contributed by atoms with Crippen molar-refractivity contribution in [2.75, 3.05) is 7.05 Å². The normalized spacial score (nSPS) is 10.3. The van der Waals surface area contributed by atoms with Gasteiger partial charge in [0.05, 0.1) is 17.0 Å². The quantitative estimate of drug-likeness (QED) is 0.734. The van der Waals surface area contributed by atoms with Gasteiger partial charge in [-0.05, 0) is 36.8 Å². The first-order valence-electron chi connectivity index (χ1n) is 8.71. The minimum Gasteiger partial charge on any atom is -0.355 e. The zero-order valence-corrected chi connectivity index (χ0v) is 15.3. The molecule has 1 heterocycles. The molecule has 136 valence electrons. The topological polar surface area (TPSA) is 71.1 Å². The van der Waals surface area contributed by atoms with Crippen LogP contribution in [0.5, 0.6) is 0 Å². The highest BCUT2D eigenvalue weighted by molar-refractivity contribution is 5.95. The SMILES string of the molecule is CNC(=O)c1ccc(CNC(=O)c2ccc(-c3ccccc3)nc2C)cc1. The van der Waals surface area contributed by atoms with Crippen LogP contribution in [0.3, 0.4) is 0 Å². The Morgan fingerprint density at radius 3 is 2.22 bits per heavy atom. The number of carbonyl (C=O) groups is 2. The first-order chi connectivity index (χ1) is 13.1. The molecule has 0 spiro atoms. The van der Waals surface area contributed by atoms with Crippen molar-refractivity contribution in [3.05, 3.63) is 89.1 Å². The van der Waals surface area contributed by atoms with Gasteiger partial charge in [0, 0.05) is 24.7 Å². The third-order valence-corrected chi connectivity index (χ3v) is 4.30. The van der Waals surface area contributed by atoms with E-state index in [0.717, 1.165) is 16.8 Å². The summed E-state index contributed by atoms with van der Waals surface area (Å²) >= 11 is 0. The molecule has 3 rings (SSSR count). The van der Waals surface area contributed by atoms with E-state index in [1.54, 1.807) is 25.2 Å². The lowest BCUT2D eigenvalue weighted by atomic mass is 10.1. The molecule has 5 heteroatoms. The fraction of sp³-hybridized carbons (Fsp3) is 0.136. The summed E-state index contributed by atoms with van der Waals surface area (Å²) < 4.78 is 0. The van der Waals surface area contributed by atoms with Crippen LogP contribution in [0, 0.1) is 6.92 Å². The van der Waals surface area contributed by atoms with Gasteiger partial charge in [0.2, 0.25) is 0 Å². The van der Waals surface area contributed by atoms with Gasteiger partial charge in [-0.25, -0.2) is 0 Å². The van der Waals surface area contributed by atoms with E-state index in [2.05, 4.69) is 15.6 Å². The van der Waals surface area contributed by atoms with Crippen LogP contribution < -0.4 is 10.6 Å². The van der Waals surface area contributed by atoms with Crippen LogP contribution in [0.1, 0.15) is 32.0 Å². The zero-order chi connectivity index (χ0) is 19.2. The fourth-order valence-corrected chi connectivity index (χ4v) is 2.77. The van der Waals surface area contributed by atoms with E-state index in [1.165, 1.54) is 0 Å². The van der Waals surface area contributed by atoms with E-state index < -0.39 is 0 Å². The summed E-state index contributed by atoms with van der Waals surface area (Å²) in [7, 11) is 1.59. The van der Waals surface area contributed by atoms with E-state index in [-0.39, 0.29) is 11.8 Å². The van der Waals surface area contributed by atoms with Gasteiger partial charge in [-0.2, -0.15) is 0 Å². The number of aryl methyl sites for hydroxylation is 1. The molecular weight excluding hydrogens is 338 g/mol. The molecular formula is C22H21N3O2. The summed E-state index contributed by atoms with van der Waals surface area (Å²) in [6.07, 6.45) is 0. The molecule has 0 saturated carbocycles. The number of pyridine rings is 1. The Morgan fingerprint density at radius 2 is 1.59 bits per heavy atom. The van der Waals surface area contributed by atoms with Crippen LogP contribution in [-0.4, -0.2) is 23.8 Å². The molecule has 0 aliphatic heterocycles. The van der Waals surface area contributed by atoms with Gasteiger partial charge in [-0.15, -0.1) is 0 Å². The highest BCUT2D eigenvalue weighted by atomic mass is 16.2. The fourth-order valence-electron chi connectivity index (χ4n) is 2.77. The van der Waals surface area contributed by atoms with Gasteiger partial charge in [0.1, 0.15) is 0 Å². The third kappa shape index (κ3) is 4.39. The molecule has 27 heavy (non-hydrogen) atoms. The van der Waals surface area contributed by atoms with Crippen LogP contribution in [0.25, 0.3) is 11.3 Å². The number of hydrogen-bond acceptors (Lipinski definition) is 3. The average Bonchev–Trinajstić information content (AvgIpc) is 2.72. The van der Waals surface area contributed by atoms with Gasteiger partial charge in [0.25, 0.3) is 11.8 Å². The second kappa shape index (κ2) is 8.27. The largest absolute Gasteiger partial charge is 0.355 e. The molecule has 0 atom stereocenters. The van der Waals surface area contributed by atoms with Crippen molar-refractivity contribution < 1.29 is 9.59 Å². The van der Waals surface area contributed by atoms with Crippen molar-refractivity contribution in [1.82, 2.24) is 15.6 Å². The monoisotopic (exact) mass is 359 g/mol. The van der Waals surface area contributed by atoms with Gasteiger partial charge in [-0.1, -0.05) is 42.5 Å². The number of benzene rings is 2. The highest BCUT2D eigenvalue weighted by Crippen LogP contribution is 2.18. The zero-order valence-electron chi connectivity index (χ0n) is 15.3. The van der Waals surface area contributed by atoms with E-state index in [4.69, 9.17) is 0 Å². The van der Waals surface area contributed by atoms with E-state index in [9.17, 15) is 9.59 Å². The van der Waals surface area contributed by atoms with Crippen molar-refractivity contribution in [2.24, 2.45) is 0 Å². The summed E-state index contributed by atoms with van der Waals surface area (Å²) in [6, 6.07) is 20.6. The number of aromatic nitrogens is 1. The molecule has 2 amide bonds. The molecule has 0 unspecified atom stereocenters. The van der Waals surface area contributed by atoms with E-state index in [0.29, 0.717) is 23.4 Å². The number of amides is 2. The molecule has 0 saturated heterocycles. The maximum Gasteiger partial charge on any atom is 0.253 e. The van der Waals surface area contributed by atoms with Crippen molar-refractivity contribution in [3.63, 3.8) is 0 Å². The molecule has 3 aromatic rings. The molecule has 0 aliphatic carbocycles. The van der Waals surface area contributed by atoms with Crippen LogP contribution >= 0.6 is 0 Å². The summed E-state index contributed by atoms with van der Waals surface area (Å²) in [5, 5.41) is 5.48. The molecule has 2 N–H and O–H groups in total. The summed E-state index contributed by atoms with van der Waals surface area (Å²) in [5.74, 6) is -0.305. The van der Waals surface area contributed by atoms with Crippen molar-refractivity contribution in [1.29, 1.82) is 0 Å². The van der Waals surface area contributed by atoms with Crippen molar-refractivity contribution in [2.45, 2.75) is 13.5 Å². The lowest BCUT2D eigenvalue weighted by Gasteiger charge is -2.09. The Bertz CT molecular complexity index is 951. The smallest absolute Gasteiger partial charge is 0.253 e. The van der Waals surface area contributed by atoms with Crippen LogP contribution in [-0.2, 0) is 6.54 Å². The number of carbonyl (C=O) groups excluding carboxylic acids is 2. The molecule has 0 aliphatic rings. The Morgan fingerprint density at radius 1 is 0.889 bits per heavy atom. The van der Waals surface area contributed by atoms with Crippen LogP contribution in [0.15, 0.2) is 66.7 Å². The molecule has 5 nitrogen and oxygen atoms in total. The van der Waals surface area contributed by atoms with E-state index in [1.807, 2.05) is 55.5 Å². The lowest BCUT2D eigenvalue weighted by molar-refractivity contribution is 0.0945. The molecule has 0 radical (unpaired) electrons. The number of nitrogens with one attached hydrogen (secondary N) is 2. The maximum atomic E-state index is 12.5. The van der Waals surface area contributed by atoms with Gasteiger partial charge < -0.3 is 10.6 Å². The Kier molecular flexibility index (Phi) is 5.61.